The molecule has 0 amide bonds. The lowest BCUT2D eigenvalue weighted by Gasteiger charge is -2.49. The van der Waals surface area contributed by atoms with Gasteiger partial charge in [-0.25, -0.2) is 0 Å². The Hall–Kier alpha value is -0.120. The van der Waals surface area contributed by atoms with Crippen molar-refractivity contribution in [1.29, 1.82) is 0 Å². The molecule has 2 fully saturated rings. The van der Waals surface area contributed by atoms with Crippen molar-refractivity contribution in [2.45, 2.75) is 76.0 Å². The molecule has 2 rings (SSSR count). The third kappa shape index (κ3) is 2.89. The quantitative estimate of drug-likeness (QED) is 0.841. The van der Waals surface area contributed by atoms with Crippen LogP contribution in [0, 0.1) is 0 Å². The number of aliphatic hydroxyl groups excluding tert-OH is 1. The zero-order valence-corrected chi connectivity index (χ0v) is 12.2. The molecular weight excluding hydrogens is 226 g/mol. The summed E-state index contributed by atoms with van der Waals surface area (Å²) in [5.74, 6) is 0. The number of aliphatic hydroxyl groups is 1. The Morgan fingerprint density at radius 2 is 1.94 bits per heavy atom. The Kier molecular flexibility index (Phi) is 4.35. The van der Waals surface area contributed by atoms with Crippen LogP contribution in [0.5, 0.6) is 0 Å². The average Bonchev–Trinajstić information content (AvgIpc) is 2.39. The molecule has 1 atom stereocenters. The molecule has 3 nitrogen and oxygen atoms in total. The van der Waals surface area contributed by atoms with E-state index in [1.807, 2.05) is 0 Å². The highest BCUT2D eigenvalue weighted by Crippen LogP contribution is 2.40. The maximum Gasteiger partial charge on any atom is 0.0697 e. The Bertz CT molecular complexity index is 266. The topological polar surface area (TPSA) is 32.7 Å². The molecule has 106 valence electrons. The van der Waals surface area contributed by atoms with E-state index in [1.54, 1.807) is 0 Å². The van der Waals surface area contributed by atoms with Gasteiger partial charge in [-0.1, -0.05) is 19.3 Å². The molecule has 1 heterocycles. The van der Waals surface area contributed by atoms with E-state index >= 15 is 0 Å². The van der Waals surface area contributed by atoms with Crippen LogP contribution in [0.25, 0.3) is 0 Å². The Labute approximate surface area is 112 Å². The normalized spacial score (nSPS) is 28.8. The minimum atomic E-state index is -0.127. The van der Waals surface area contributed by atoms with Crippen molar-refractivity contribution < 1.29 is 9.84 Å². The first-order valence-corrected chi connectivity index (χ1v) is 7.47. The van der Waals surface area contributed by atoms with E-state index in [2.05, 4.69) is 25.8 Å². The van der Waals surface area contributed by atoms with Crippen molar-refractivity contribution in [3.63, 3.8) is 0 Å². The molecule has 3 heteroatoms. The lowest BCUT2D eigenvalue weighted by atomic mass is 9.77. The van der Waals surface area contributed by atoms with Gasteiger partial charge in [0.2, 0.25) is 0 Å². The third-order valence-electron chi connectivity index (χ3n) is 5.12. The van der Waals surface area contributed by atoms with Gasteiger partial charge in [0.05, 0.1) is 12.2 Å². The second-order valence-electron chi connectivity index (χ2n) is 6.82. The van der Waals surface area contributed by atoms with Crippen molar-refractivity contribution in [3.8, 4) is 0 Å². The van der Waals surface area contributed by atoms with Crippen LogP contribution in [-0.4, -0.2) is 47.4 Å². The van der Waals surface area contributed by atoms with Crippen molar-refractivity contribution in [2.75, 3.05) is 20.3 Å². The van der Waals surface area contributed by atoms with E-state index in [9.17, 15) is 5.11 Å². The molecule has 1 saturated carbocycles. The van der Waals surface area contributed by atoms with Gasteiger partial charge in [-0.15, -0.1) is 0 Å². The van der Waals surface area contributed by atoms with Crippen LogP contribution >= 0.6 is 0 Å². The van der Waals surface area contributed by atoms with E-state index in [0.29, 0.717) is 6.04 Å². The summed E-state index contributed by atoms with van der Waals surface area (Å²) in [6.07, 6.45) is 8.72. The fourth-order valence-electron chi connectivity index (χ4n) is 3.48. The molecule has 0 aromatic carbocycles. The molecule has 0 bridgehead atoms. The molecule has 0 aromatic rings. The summed E-state index contributed by atoms with van der Waals surface area (Å²) in [7, 11) is 2.16. The SMILES string of the molecule is CN(C1CCOC2(CCCCC2)C1)C(C)(C)CO. The number of ether oxygens (including phenoxy) is 1. The third-order valence-corrected chi connectivity index (χ3v) is 5.12. The molecule has 1 aliphatic heterocycles. The summed E-state index contributed by atoms with van der Waals surface area (Å²) in [5, 5.41) is 9.52. The van der Waals surface area contributed by atoms with Gasteiger partial charge >= 0.3 is 0 Å². The van der Waals surface area contributed by atoms with Crippen LogP contribution in [0.2, 0.25) is 0 Å². The maximum absolute atomic E-state index is 9.52. The van der Waals surface area contributed by atoms with Crippen LogP contribution in [0.1, 0.15) is 58.8 Å². The second-order valence-corrected chi connectivity index (χ2v) is 6.82. The largest absolute Gasteiger partial charge is 0.394 e. The van der Waals surface area contributed by atoms with Crippen LogP contribution in [-0.2, 0) is 4.74 Å². The fourth-order valence-corrected chi connectivity index (χ4v) is 3.48. The lowest BCUT2D eigenvalue weighted by Crippen LogP contribution is -2.55. The number of nitrogens with zero attached hydrogens (tertiary/aromatic N) is 1. The molecule has 0 aromatic heterocycles. The number of rotatable bonds is 3. The van der Waals surface area contributed by atoms with E-state index in [-0.39, 0.29) is 17.7 Å². The van der Waals surface area contributed by atoms with E-state index in [1.165, 1.54) is 32.1 Å². The summed E-state index contributed by atoms with van der Waals surface area (Å²) in [6.45, 7) is 5.34. The highest BCUT2D eigenvalue weighted by atomic mass is 16.5. The van der Waals surface area contributed by atoms with Crippen LogP contribution in [0.3, 0.4) is 0 Å². The molecule has 0 radical (unpaired) electrons. The number of likely N-dealkylation sites (N-methyl/N-ethyl adjacent to an activating group) is 1. The van der Waals surface area contributed by atoms with Crippen molar-refractivity contribution in [1.82, 2.24) is 4.90 Å². The molecule has 18 heavy (non-hydrogen) atoms. The van der Waals surface area contributed by atoms with Gasteiger partial charge in [-0.2, -0.15) is 0 Å². The van der Waals surface area contributed by atoms with Crippen LogP contribution < -0.4 is 0 Å². The Balaban J connectivity index is 2.02. The standard InChI is InChI=1S/C15H29NO2/c1-14(2,12-17)16(3)13-7-10-18-15(11-13)8-5-4-6-9-15/h13,17H,4-12H2,1-3H3. The van der Waals surface area contributed by atoms with E-state index < -0.39 is 0 Å². The Morgan fingerprint density at radius 3 is 2.56 bits per heavy atom. The zero-order valence-electron chi connectivity index (χ0n) is 12.2. The fraction of sp³-hybridized carbons (Fsp3) is 1.00. The molecule has 2 aliphatic rings. The van der Waals surface area contributed by atoms with Crippen LogP contribution in [0.15, 0.2) is 0 Å². The van der Waals surface area contributed by atoms with Gasteiger partial charge < -0.3 is 9.84 Å². The lowest BCUT2D eigenvalue weighted by molar-refractivity contribution is -0.132. The van der Waals surface area contributed by atoms with Crippen molar-refractivity contribution in [2.24, 2.45) is 0 Å². The summed E-state index contributed by atoms with van der Waals surface area (Å²) in [5.41, 5.74) is 0.0266. The minimum Gasteiger partial charge on any atom is -0.394 e. The number of hydrogen-bond acceptors (Lipinski definition) is 3. The summed E-state index contributed by atoms with van der Waals surface area (Å²) >= 11 is 0. The molecule has 1 aliphatic carbocycles. The average molecular weight is 255 g/mol. The smallest absolute Gasteiger partial charge is 0.0697 e. The van der Waals surface area contributed by atoms with Crippen molar-refractivity contribution in [3.05, 3.63) is 0 Å². The predicted octanol–water partition coefficient (Wildman–Crippen LogP) is 2.57. The predicted molar refractivity (Wildman–Crippen MR) is 73.7 cm³/mol. The number of hydrogen-bond donors (Lipinski definition) is 1. The molecule has 1 spiro atoms. The van der Waals surface area contributed by atoms with Gasteiger partial charge in [0.25, 0.3) is 0 Å². The van der Waals surface area contributed by atoms with E-state index in [0.717, 1.165) is 19.4 Å². The molecular formula is C15H29NO2. The maximum atomic E-state index is 9.52. The summed E-state index contributed by atoms with van der Waals surface area (Å²) < 4.78 is 6.14. The van der Waals surface area contributed by atoms with Crippen LogP contribution in [0.4, 0.5) is 0 Å². The highest BCUT2D eigenvalue weighted by Gasteiger charge is 2.41. The first-order valence-electron chi connectivity index (χ1n) is 7.47. The minimum absolute atomic E-state index is 0.127. The monoisotopic (exact) mass is 255 g/mol. The molecule has 1 saturated heterocycles. The van der Waals surface area contributed by atoms with Gasteiger partial charge in [-0.05, 0) is 46.6 Å². The van der Waals surface area contributed by atoms with Crippen molar-refractivity contribution >= 4 is 0 Å². The molecule has 1 N–H and O–H groups in total. The first-order chi connectivity index (χ1) is 8.49. The van der Waals surface area contributed by atoms with Gasteiger partial charge in [-0.3, -0.25) is 4.90 Å². The Morgan fingerprint density at radius 1 is 1.28 bits per heavy atom. The van der Waals surface area contributed by atoms with Gasteiger partial charge in [0.1, 0.15) is 0 Å². The zero-order chi connectivity index (χ0) is 13.2. The van der Waals surface area contributed by atoms with Gasteiger partial charge in [0.15, 0.2) is 0 Å². The first kappa shape index (κ1) is 14.3. The molecule has 1 unspecified atom stereocenters. The highest BCUT2D eigenvalue weighted by molar-refractivity contribution is 4.95. The van der Waals surface area contributed by atoms with E-state index in [4.69, 9.17) is 4.74 Å². The van der Waals surface area contributed by atoms with Gasteiger partial charge in [0, 0.05) is 18.2 Å². The summed E-state index contributed by atoms with van der Waals surface area (Å²) in [6, 6.07) is 0.555. The summed E-state index contributed by atoms with van der Waals surface area (Å²) in [4.78, 5) is 2.37. The second kappa shape index (κ2) is 5.48.